The van der Waals surface area contributed by atoms with Gasteiger partial charge in [-0.25, -0.2) is 9.18 Å². The predicted molar refractivity (Wildman–Crippen MR) is 56.1 cm³/mol. The molecule has 16 heavy (non-hydrogen) atoms. The first-order chi connectivity index (χ1) is 7.70. The highest BCUT2D eigenvalue weighted by atomic mass is 19.1. The topological polar surface area (TPSA) is 55.6 Å². The van der Waals surface area contributed by atoms with Gasteiger partial charge in [0.05, 0.1) is 13.1 Å². The molecule has 1 saturated heterocycles. The fourth-order valence-corrected chi connectivity index (χ4v) is 1.66. The van der Waals surface area contributed by atoms with Crippen LogP contribution in [0.25, 0.3) is 0 Å². The molecule has 1 unspecified atom stereocenters. The van der Waals surface area contributed by atoms with Crippen LogP contribution in [0.2, 0.25) is 0 Å². The minimum absolute atomic E-state index is 0.224. The van der Waals surface area contributed by atoms with Crippen molar-refractivity contribution in [2.45, 2.75) is 12.6 Å². The fourth-order valence-electron chi connectivity index (χ4n) is 1.66. The molecule has 1 atom stereocenters. The fraction of sp³-hybridized carbons (Fsp3) is 0.364. The molecule has 0 aromatic heterocycles. The molecule has 1 aromatic rings. The first-order valence-electron chi connectivity index (χ1n) is 5.09. The minimum Gasteiger partial charge on any atom is -0.443 e. The lowest BCUT2D eigenvalue weighted by molar-refractivity contribution is 0.134. The SMILES string of the molecule is NCC1CN(Cc2ccccc2F)C(=O)O1. The second-order valence-electron chi connectivity index (χ2n) is 3.71. The second-order valence-corrected chi connectivity index (χ2v) is 3.71. The van der Waals surface area contributed by atoms with Gasteiger partial charge in [0.15, 0.2) is 0 Å². The summed E-state index contributed by atoms with van der Waals surface area (Å²) in [6.07, 6.45) is -0.710. The van der Waals surface area contributed by atoms with Crippen molar-refractivity contribution in [3.05, 3.63) is 35.6 Å². The van der Waals surface area contributed by atoms with Gasteiger partial charge in [-0.3, -0.25) is 0 Å². The molecule has 1 heterocycles. The van der Waals surface area contributed by atoms with Crippen LogP contribution in [-0.2, 0) is 11.3 Å². The summed E-state index contributed by atoms with van der Waals surface area (Å²) >= 11 is 0. The van der Waals surface area contributed by atoms with Crippen LogP contribution in [0.1, 0.15) is 5.56 Å². The van der Waals surface area contributed by atoms with E-state index in [-0.39, 0.29) is 18.5 Å². The molecule has 0 saturated carbocycles. The Balaban J connectivity index is 2.06. The maximum atomic E-state index is 13.3. The van der Waals surface area contributed by atoms with Crippen molar-refractivity contribution in [2.75, 3.05) is 13.1 Å². The maximum Gasteiger partial charge on any atom is 0.410 e. The summed E-state index contributed by atoms with van der Waals surface area (Å²) in [5, 5.41) is 0. The molecule has 1 aliphatic rings. The average Bonchev–Trinajstić information content (AvgIpc) is 2.63. The quantitative estimate of drug-likeness (QED) is 0.836. The van der Waals surface area contributed by atoms with Crippen LogP contribution >= 0.6 is 0 Å². The van der Waals surface area contributed by atoms with Crippen molar-refractivity contribution in [2.24, 2.45) is 5.73 Å². The van der Waals surface area contributed by atoms with E-state index in [2.05, 4.69) is 0 Å². The smallest absolute Gasteiger partial charge is 0.410 e. The number of amides is 1. The van der Waals surface area contributed by atoms with E-state index in [1.165, 1.54) is 11.0 Å². The molecule has 5 heteroatoms. The molecule has 1 fully saturated rings. The maximum absolute atomic E-state index is 13.3. The van der Waals surface area contributed by atoms with Gasteiger partial charge in [0.2, 0.25) is 0 Å². The standard InChI is InChI=1S/C11H13FN2O2/c12-10-4-2-1-3-8(10)6-14-7-9(5-13)16-11(14)15/h1-4,9H,5-7,13H2. The largest absolute Gasteiger partial charge is 0.443 e. The number of hydrogen-bond acceptors (Lipinski definition) is 3. The van der Waals surface area contributed by atoms with Crippen molar-refractivity contribution in [3.8, 4) is 0 Å². The van der Waals surface area contributed by atoms with Gasteiger partial charge in [0, 0.05) is 12.1 Å². The van der Waals surface area contributed by atoms with Crippen molar-refractivity contribution in [3.63, 3.8) is 0 Å². The van der Waals surface area contributed by atoms with E-state index < -0.39 is 6.09 Å². The van der Waals surface area contributed by atoms with E-state index in [4.69, 9.17) is 10.5 Å². The monoisotopic (exact) mass is 224 g/mol. The van der Waals surface area contributed by atoms with Gasteiger partial charge in [-0.15, -0.1) is 0 Å². The van der Waals surface area contributed by atoms with Gasteiger partial charge in [-0.1, -0.05) is 18.2 Å². The van der Waals surface area contributed by atoms with Gasteiger partial charge in [-0.2, -0.15) is 0 Å². The summed E-state index contributed by atoms with van der Waals surface area (Å²) in [5.74, 6) is -0.313. The molecule has 4 nitrogen and oxygen atoms in total. The van der Waals surface area contributed by atoms with E-state index in [0.717, 1.165) is 0 Å². The number of halogens is 1. The van der Waals surface area contributed by atoms with Crippen molar-refractivity contribution in [1.82, 2.24) is 4.90 Å². The summed E-state index contributed by atoms with van der Waals surface area (Å²) in [6, 6.07) is 6.37. The number of benzene rings is 1. The molecule has 2 N–H and O–H groups in total. The Morgan fingerprint density at radius 2 is 2.25 bits per heavy atom. The van der Waals surface area contributed by atoms with Gasteiger partial charge < -0.3 is 15.4 Å². The number of carbonyl (C=O) groups is 1. The van der Waals surface area contributed by atoms with Crippen LogP contribution < -0.4 is 5.73 Å². The molecule has 1 aromatic carbocycles. The predicted octanol–water partition coefficient (Wildman–Crippen LogP) is 1.11. The summed E-state index contributed by atoms with van der Waals surface area (Å²) in [6.45, 7) is 0.936. The summed E-state index contributed by atoms with van der Waals surface area (Å²) < 4.78 is 18.3. The first kappa shape index (κ1) is 10.9. The normalized spacial score (nSPS) is 20.0. The van der Waals surface area contributed by atoms with Gasteiger partial charge in [-0.05, 0) is 6.07 Å². The Labute approximate surface area is 92.8 Å². The van der Waals surface area contributed by atoms with Crippen LogP contribution in [0.3, 0.4) is 0 Å². The Bertz CT molecular complexity index is 397. The molecule has 1 aliphatic heterocycles. The molecule has 1 amide bonds. The van der Waals surface area contributed by atoms with Gasteiger partial charge in [0.1, 0.15) is 11.9 Å². The lowest BCUT2D eigenvalue weighted by atomic mass is 10.2. The van der Waals surface area contributed by atoms with E-state index in [9.17, 15) is 9.18 Å². The lowest BCUT2D eigenvalue weighted by Gasteiger charge is -2.12. The Hall–Kier alpha value is -1.62. The van der Waals surface area contributed by atoms with Crippen molar-refractivity contribution < 1.29 is 13.9 Å². The number of nitrogens with two attached hydrogens (primary N) is 1. The Kier molecular flexibility index (Phi) is 3.05. The van der Waals surface area contributed by atoms with Gasteiger partial charge in [0.25, 0.3) is 0 Å². The van der Waals surface area contributed by atoms with E-state index >= 15 is 0 Å². The number of nitrogens with zero attached hydrogens (tertiary/aromatic N) is 1. The minimum atomic E-state index is -0.432. The van der Waals surface area contributed by atoms with E-state index in [1.54, 1.807) is 18.2 Å². The third kappa shape index (κ3) is 2.14. The highest BCUT2D eigenvalue weighted by Crippen LogP contribution is 2.16. The van der Waals surface area contributed by atoms with Crippen molar-refractivity contribution >= 4 is 6.09 Å². The zero-order valence-corrected chi connectivity index (χ0v) is 8.73. The zero-order valence-electron chi connectivity index (χ0n) is 8.73. The molecule has 0 aliphatic carbocycles. The third-order valence-corrected chi connectivity index (χ3v) is 2.53. The van der Waals surface area contributed by atoms with Crippen LogP contribution in [0.15, 0.2) is 24.3 Å². The first-order valence-corrected chi connectivity index (χ1v) is 5.09. The summed E-state index contributed by atoms with van der Waals surface area (Å²) in [5.41, 5.74) is 5.89. The van der Waals surface area contributed by atoms with E-state index in [0.29, 0.717) is 18.7 Å². The molecule has 0 bridgehead atoms. The zero-order chi connectivity index (χ0) is 11.5. The molecular formula is C11H13FN2O2. The van der Waals surface area contributed by atoms with Crippen LogP contribution in [-0.4, -0.2) is 30.2 Å². The number of ether oxygens (including phenoxy) is 1. The van der Waals surface area contributed by atoms with Crippen molar-refractivity contribution in [1.29, 1.82) is 0 Å². The lowest BCUT2D eigenvalue weighted by Crippen LogP contribution is -2.27. The molecule has 0 radical (unpaired) electrons. The Morgan fingerprint density at radius 3 is 2.88 bits per heavy atom. The van der Waals surface area contributed by atoms with Crippen LogP contribution in [0.4, 0.5) is 9.18 Å². The number of hydrogen-bond donors (Lipinski definition) is 1. The number of cyclic esters (lactones) is 1. The molecule has 2 rings (SSSR count). The summed E-state index contributed by atoms with van der Waals surface area (Å²) in [7, 11) is 0. The third-order valence-electron chi connectivity index (χ3n) is 2.53. The van der Waals surface area contributed by atoms with Crippen LogP contribution in [0.5, 0.6) is 0 Å². The van der Waals surface area contributed by atoms with Gasteiger partial charge >= 0.3 is 6.09 Å². The number of rotatable bonds is 3. The second kappa shape index (κ2) is 4.49. The highest BCUT2D eigenvalue weighted by Gasteiger charge is 2.30. The Morgan fingerprint density at radius 1 is 1.50 bits per heavy atom. The highest BCUT2D eigenvalue weighted by molar-refractivity contribution is 5.69. The van der Waals surface area contributed by atoms with E-state index in [1.807, 2.05) is 0 Å². The molecular weight excluding hydrogens is 211 g/mol. The molecule has 0 spiro atoms. The average molecular weight is 224 g/mol. The number of carbonyl (C=O) groups excluding carboxylic acids is 1. The van der Waals surface area contributed by atoms with Crippen LogP contribution in [0, 0.1) is 5.82 Å². The summed E-state index contributed by atoms with van der Waals surface area (Å²) in [4.78, 5) is 12.8. The molecule has 86 valence electrons.